The van der Waals surface area contributed by atoms with Gasteiger partial charge in [-0.25, -0.2) is 17.7 Å². The van der Waals surface area contributed by atoms with E-state index in [9.17, 15) is 8.42 Å². The molecule has 2 aliphatic rings. The summed E-state index contributed by atoms with van der Waals surface area (Å²) >= 11 is 0. The predicted molar refractivity (Wildman–Crippen MR) is 81.6 cm³/mol. The van der Waals surface area contributed by atoms with Crippen molar-refractivity contribution in [1.82, 2.24) is 18.8 Å². The lowest BCUT2D eigenvalue weighted by molar-refractivity contribution is 0.248. The number of nitrogens with zero attached hydrogens (tertiary/aromatic N) is 4. The molecule has 0 atom stereocenters. The first kappa shape index (κ1) is 15.0. The monoisotopic (exact) mass is 312 g/mol. The van der Waals surface area contributed by atoms with Gasteiger partial charge in [0.2, 0.25) is 10.0 Å². The molecule has 118 valence electrons. The fourth-order valence-corrected chi connectivity index (χ4v) is 3.76. The fourth-order valence-electron chi connectivity index (χ4n) is 2.90. The van der Waals surface area contributed by atoms with E-state index in [1.807, 2.05) is 6.33 Å². The van der Waals surface area contributed by atoms with E-state index in [2.05, 4.69) is 14.5 Å². The lowest BCUT2D eigenvalue weighted by atomic mass is 10.1. The van der Waals surface area contributed by atoms with E-state index >= 15 is 0 Å². The summed E-state index contributed by atoms with van der Waals surface area (Å²) in [7, 11) is 0.109. The largest absolute Gasteiger partial charge is 0.331 e. The predicted octanol–water partition coefficient (Wildman–Crippen LogP) is 0.858. The zero-order valence-electron chi connectivity index (χ0n) is 12.8. The van der Waals surface area contributed by atoms with Gasteiger partial charge in [0.25, 0.3) is 0 Å². The minimum Gasteiger partial charge on any atom is -0.331 e. The number of hydrogen-bond donors (Lipinski definition) is 0. The van der Waals surface area contributed by atoms with E-state index in [0.717, 1.165) is 26.1 Å². The normalized spacial score (nSPS) is 20.0. The maximum Gasteiger partial charge on any atom is 0.213 e. The van der Waals surface area contributed by atoms with E-state index in [-0.39, 0.29) is 5.75 Å². The standard InChI is InChI=1S/C14H24N4O2S/c1-16(2)21(19,20)9-3-7-17-8-6-14-13(10-17)15-11-18(14)12-4-5-12/h11-12H,3-10H2,1-2H3. The van der Waals surface area contributed by atoms with Gasteiger partial charge in [0.1, 0.15) is 0 Å². The van der Waals surface area contributed by atoms with Gasteiger partial charge in [-0.2, -0.15) is 0 Å². The lowest BCUT2D eigenvalue weighted by Gasteiger charge is -2.27. The van der Waals surface area contributed by atoms with E-state index in [1.54, 1.807) is 14.1 Å². The Morgan fingerprint density at radius 1 is 1.38 bits per heavy atom. The molecule has 1 saturated carbocycles. The molecule has 0 saturated heterocycles. The van der Waals surface area contributed by atoms with Gasteiger partial charge >= 0.3 is 0 Å². The average Bonchev–Trinajstić information content (AvgIpc) is 3.18. The van der Waals surface area contributed by atoms with Gasteiger partial charge in [-0.15, -0.1) is 0 Å². The van der Waals surface area contributed by atoms with Gasteiger partial charge in [-0.1, -0.05) is 0 Å². The minimum absolute atomic E-state index is 0.222. The van der Waals surface area contributed by atoms with Crippen molar-refractivity contribution in [2.24, 2.45) is 0 Å². The van der Waals surface area contributed by atoms with E-state index in [0.29, 0.717) is 12.5 Å². The molecule has 0 spiro atoms. The summed E-state index contributed by atoms with van der Waals surface area (Å²) in [5.41, 5.74) is 2.58. The quantitative estimate of drug-likeness (QED) is 0.782. The van der Waals surface area contributed by atoms with Crippen molar-refractivity contribution in [2.45, 2.75) is 38.3 Å². The Bertz CT molecular complexity index is 604. The Labute approximate surface area is 126 Å². The summed E-state index contributed by atoms with van der Waals surface area (Å²) < 4.78 is 27.1. The Hall–Kier alpha value is -0.920. The topological polar surface area (TPSA) is 58.4 Å². The molecule has 0 unspecified atom stereocenters. The molecule has 0 amide bonds. The number of fused-ring (bicyclic) bond motifs is 1. The SMILES string of the molecule is CN(C)S(=O)(=O)CCCN1CCc2c(ncn2C2CC2)C1. The second-order valence-corrected chi connectivity index (χ2v) is 8.56. The maximum absolute atomic E-state index is 11.7. The van der Waals surface area contributed by atoms with Gasteiger partial charge in [-0.3, -0.25) is 4.90 Å². The molecule has 3 rings (SSSR count). The van der Waals surface area contributed by atoms with Gasteiger partial charge in [0, 0.05) is 45.3 Å². The van der Waals surface area contributed by atoms with Crippen molar-refractivity contribution in [1.29, 1.82) is 0 Å². The molecule has 1 aromatic rings. The Morgan fingerprint density at radius 2 is 2.14 bits per heavy atom. The van der Waals surface area contributed by atoms with E-state index in [4.69, 9.17) is 0 Å². The number of imidazole rings is 1. The van der Waals surface area contributed by atoms with Crippen molar-refractivity contribution in [3.8, 4) is 0 Å². The molecule has 0 N–H and O–H groups in total. The molecular formula is C14H24N4O2S. The van der Waals surface area contributed by atoms with Crippen LogP contribution in [0.2, 0.25) is 0 Å². The van der Waals surface area contributed by atoms with Crippen LogP contribution in [0.4, 0.5) is 0 Å². The van der Waals surface area contributed by atoms with Crippen molar-refractivity contribution in [2.75, 3.05) is 32.9 Å². The molecule has 6 nitrogen and oxygen atoms in total. The molecule has 1 aliphatic carbocycles. The molecule has 1 aromatic heterocycles. The third-order valence-electron chi connectivity index (χ3n) is 4.39. The average molecular weight is 312 g/mol. The Balaban J connectivity index is 1.53. The van der Waals surface area contributed by atoms with Crippen LogP contribution < -0.4 is 0 Å². The second-order valence-electron chi connectivity index (χ2n) is 6.25. The molecule has 0 radical (unpaired) electrons. The first-order valence-electron chi connectivity index (χ1n) is 7.64. The molecular weight excluding hydrogens is 288 g/mol. The number of sulfonamides is 1. The highest BCUT2D eigenvalue weighted by atomic mass is 32.2. The zero-order chi connectivity index (χ0) is 15.0. The summed E-state index contributed by atoms with van der Waals surface area (Å²) in [5.74, 6) is 0.222. The number of hydrogen-bond acceptors (Lipinski definition) is 4. The van der Waals surface area contributed by atoms with Crippen LogP contribution in [0.5, 0.6) is 0 Å². The smallest absolute Gasteiger partial charge is 0.213 e. The highest BCUT2D eigenvalue weighted by Crippen LogP contribution is 2.37. The van der Waals surface area contributed by atoms with Crippen LogP contribution in [0.15, 0.2) is 6.33 Å². The lowest BCUT2D eigenvalue weighted by Crippen LogP contribution is -2.34. The van der Waals surface area contributed by atoms with Gasteiger partial charge in [0.05, 0.1) is 17.8 Å². The molecule has 2 heterocycles. The van der Waals surface area contributed by atoms with Crippen LogP contribution in [0, 0.1) is 0 Å². The first-order valence-corrected chi connectivity index (χ1v) is 9.25. The van der Waals surface area contributed by atoms with Crippen LogP contribution in [0.1, 0.15) is 36.7 Å². The van der Waals surface area contributed by atoms with Crippen LogP contribution in [0.3, 0.4) is 0 Å². The van der Waals surface area contributed by atoms with E-state index < -0.39 is 10.0 Å². The second kappa shape index (κ2) is 5.70. The third kappa shape index (κ3) is 3.30. The minimum atomic E-state index is -3.07. The highest BCUT2D eigenvalue weighted by molar-refractivity contribution is 7.89. The van der Waals surface area contributed by atoms with Crippen molar-refractivity contribution < 1.29 is 8.42 Å². The zero-order valence-corrected chi connectivity index (χ0v) is 13.6. The molecule has 1 fully saturated rings. The summed E-state index contributed by atoms with van der Waals surface area (Å²) in [6, 6.07) is 0.693. The van der Waals surface area contributed by atoms with E-state index in [1.165, 1.54) is 28.5 Å². The van der Waals surface area contributed by atoms with Crippen molar-refractivity contribution in [3.63, 3.8) is 0 Å². The van der Waals surface area contributed by atoms with Crippen molar-refractivity contribution >= 4 is 10.0 Å². The third-order valence-corrected chi connectivity index (χ3v) is 6.31. The molecule has 0 aromatic carbocycles. The van der Waals surface area contributed by atoms with Crippen molar-refractivity contribution in [3.05, 3.63) is 17.7 Å². The summed E-state index contributed by atoms with van der Waals surface area (Å²) in [6.45, 7) is 2.69. The molecule has 0 bridgehead atoms. The van der Waals surface area contributed by atoms with Gasteiger partial charge in [0.15, 0.2) is 0 Å². The van der Waals surface area contributed by atoms with Gasteiger partial charge < -0.3 is 4.57 Å². The molecule has 1 aliphatic heterocycles. The van der Waals surface area contributed by atoms with Crippen LogP contribution in [0.25, 0.3) is 0 Å². The van der Waals surface area contributed by atoms with Gasteiger partial charge in [-0.05, 0) is 25.8 Å². The first-order chi connectivity index (χ1) is 9.97. The number of aromatic nitrogens is 2. The molecule has 7 heteroatoms. The summed E-state index contributed by atoms with van der Waals surface area (Å²) in [5, 5.41) is 0. The van der Waals surface area contributed by atoms with Crippen LogP contribution in [-0.4, -0.2) is 60.1 Å². The maximum atomic E-state index is 11.7. The fraction of sp³-hybridized carbons (Fsp3) is 0.786. The highest BCUT2D eigenvalue weighted by Gasteiger charge is 2.29. The van der Waals surface area contributed by atoms with Crippen LogP contribution in [-0.2, 0) is 23.0 Å². The Morgan fingerprint density at radius 3 is 2.81 bits per heavy atom. The number of rotatable bonds is 6. The Kier molecular flexibility index (Phi) is 4.07. The summed E-state index contributed by atoms with van der Waals surface area (Å²) in [6.07, 6.45) is 6.28. The van der Waals surface area contributed by atoms with Crippen LogP contribution >= 0.6 is 0 Å². The summed E-state index contributed by atoms with van der Waals surface area (Å²) in [4.78, 5) is 6.87. The molecule has 21 heavy (non-hydrogen) atoms.